The molecular formula is C18H24Cl2N2O3. The fourth-order valence-electron chi connectivity index (χ4n) is 3.38. The van der Waals surface area contributed by atoms with Crippen LogP contribution in [0.15, 0.2) is 18.2 Å². The van der Waals surface area contributed by atoms with Crippen LogP contribution >= 0.6 is 23.2 Å². The van der Waals surface area contributed by atoms with Crippen LogP contribution in [0.5, 0.6) is 5.75 Å². The van der Waals surface area contributed by atoms with Gasteiger partial charge in [0.1, 0.15) is 5.75 Å². The first kappa shape index (κ1) is 18.8. The van der Waals surface area contributed by atoms with Crippen LogP contribution in [0, 0.1) is 5.92 Å². The van der Waals surface area contributed by atoms with Crippen molar-refractivity contribution in [3.63, 3.8) is 0 Å². The SMILES string of the molecule is O=C(COc1ccc(Cl)cc1Cl)NCC1CCN(C2CCOC2)CC1. The molecule has 0 aliphatic carbocycles. The fraction of sp³-hybridized carbons (Fsp3) is 0.611. The summed E-state index contributed by atoms with van der Waals surface area (Å²) in [5, 5.41) is 3.91. The highest BCUT2D eigenvalue weighted by Gasteiger charge is 2.27. The highest BCUT2D eigenvalue weighted by Crippen LogP contribution is 2.27. The molecule has 1 N–H and O–H groups in total. The van der Waals surface area contributed by atoms with E-state index in [1.54, 1.807) is 18.2 Å². The molecule has 3 rings (SSSR count). The van der Waals surface area contributed by atoms with E-state index in [1.165, 1.54) is 0 Å². The van der Waals surface area contributed by atoms with Gasteiger partial charge in [-0.2, -0.15) is 0 Å². The summed E-state index contributed by atoms with van der Waals surface area (Å²) < 4.78 is 10.9. The third-order valence-electron chi connectivity index (χ3n) is 4.91. The van der Waals surface area contributed by atoms with Gasteiger partial charge in [0.05, 0.1) is 11.6 Å². The molecule has 1 aromatic rings. The zero-order valence-corrected chi connectivity index (χ0v) is 15.7. The van der Waals surface area contributed by atoms with Crippen molar-refractivity contribution in [2.45, 2.75) is 25.3 Å². The summed E-state index contributed by atoms with van der Waals surface area (Å²) >= 11 is 11.9. The maximum Gasteiger partial charge on any atom is 0.257 e. The number of carbonyl (C=O) groups excluding carboxylic acids is 1. The van der Waals surface area contributed by atoms with E-state index in [4.69, 9.17) is 32.7 Å². The molecule has 1 aromatic carbocycles. The molecule has 138 valence electrons. The Kier molecular flexibility index (Phi) is 6.82. The average molecular weight is 387 g/mol. The summed E-state index contributed by atoms with van der Waals surface area (Å²) in [6.07, 6.45) is 3.37. The van der Waals surface area contributed by atoms with Crippen molar-refractivity contribution in [2.75, 3.05) is 39.5 Å². The molecule has 2 aliphatic heterocycles. The molecule has 0 spiro atoms. The standard InChI is InChI=1S/C18H24Cl2N2O3/c19-14-1-2-17(16(20)9-14)25-12-18(23)21-10-13-3-6-22(7-4-13)15-5-8-24-11-15/h1-2,9,13,15H,3-8,10-12H2,(H,21,23). The molecule has 1 amide bonds. The molecule has 1 atom stereocenters. The number of piperidine rings is 1. The van der Waals surface area contributed by atoms with Crippen molar-refractivity contribution < 1.29 is 14.3 Å². The Morgan fingerprint density at radius 3 is 2.76 bits per heavy atom. The molecule has 1 unspecified atom stereocenters. The van der Waals surface area contributed by atoms with Crippen LogP contribution in [0.25, 0.3) is 0 Å². The van der Waals surface area contributed by atoms with Gasteiger partial charge >= 0.3 is 0 Å². The summed E-state index contributed by atoms with van der Waals surface area (Å²) in [7, 11) is 0. The molecule has 2 aliphatic rings. The number of carbonyl (C=O) groups is 1. The number of hydrogen-bond donors (Lipinski definition) is 1. The first-order valence-electron chi connectivity index (χ1n) is 8.78. The Morgan fingerprint density at radius 2 is 2.08 bits per heavy atom. The molecule has 0 saturated carbocycles. The van der Waals surface area contributed by atoms with Crippen LogP contribution in [-0.2, 0) is 9.53 Å². The van der Waals surface area contributed by atoms with Crippen molar-refractivity contribution in [1.29, 1.82) is 0 Å². The zero-order valence-electron chi connectivity index (χ0n) is 14.2. The second-order valence-corrected chi connectivity index (χ2v) is 7.51. The van der Waals surface area contributed by atoms with Gasteiger partial charge in [0.25, 0.3) is 5.91 Å². The number of rotatable bonds is 6. The van der Waals surface area contributed by atoms with Crippen molar-refractivity contribution in [1.82, 2.24) is 10.2 Å². The summed E-state index contributed by atoms with van der Waals surface area (Å²) in [4.78, 5) is 14.5. The van der Waals surface area contributed by atoms with Gasteiger partial charge in [-0.05, 0) is 56.5 Å². The molecule has 0 bridgehead atoms. The van der Waals surface area contributed by atoms with Gasteiger partial charge in [0, 0.05) is 24.2 Å². The zero-order chi connectivity index (χ0) is 17.6. The van der Waals surface area contributed by atoms with Crippen LogP contribution in [0.1, 0.15) is 19.3 Å². The first-order valence-corrected chi connectivity index (χ1v) is 9.54. The lowest BCUT2D eigenvalue weighted by molar-refractivity contribution is -0.123. The van der Waals surface area contributed by atoms with Gasteiger partial charge in [-0.3, -0.25) is 9.69 Å². The first-order chi connectivity index (χ1) is 12.1. The molecule has 0 aromatic heterocycles. The largest absolute Gasteiger partial charge is 0.482 e. The summed E-state index contributed by atoms with van der Waals surface area (Å²) in [5.41, 5.74) is 0. The maximum atomic E-state index is 12.0. The van der Waals surface area contributed by atoms with Crippen molar-refractivity contribution in [2.24, 2.45) is 5.92 Å². The minimum atomic E-state index is -0.127. The van der Waals surface area contributed by atoms with E-state index in [9.17, 15) is 4.79 Å². The second kappa shape index (κ2) is 9.08. The summed E-state index contributed by atoms with van der Waals surface area (Å²) in [6.45, 7) is 4.59. The topological polar surface area (TPSA) is 50.8 Å². The van der Waals surface area contributed by atoms with Gasteiger partial charge in [-0.15, -0.1) is 0 Å². The van der Waals surface area contributed by atoms with Crippen molar-refractivity contribution in [3.8, 4) is 5.75 Å². The number of nitrogens with zero attached hydrogens (tertiary/aromatic N) is 1. The smallest absolute Gasteiger partial charge is 0.257 e. The predicted octanol–water partition coefficient (Wildman–Crippen LogP) is 2.99. The predicted molar refractivity (Wildman–Crippen MR) is 98.5 cm³/mol. The molecule has 5 nitrogen and oxygen atoms in total. The van der Waals surface area contributed by atoms with Crippen LogP contribution in [0.2, 0.25) is 10.0 Å². The average Bonchev–Trinajstić information content (AvgIpc) is 3.14. The minimum Gasteiger partial charge on any atom is -0.482 e. The van der Waals surface area contributed by atoms with Crippen LogP contribution < -0.4 is 10.1 Å². The Bertz CT molecular complexity index is 586. The van der Waals surface area contributed by atoms with E-state index >= 15 is 0 Å². The van der Waals surface area contributed by atoms with Crippen LogP contribution in [0.3, 0.4) is 0 Å². The quantitative estimate of drug-likeness (QED) is 0.816. The molecular weight excluding hydrogens is 363 g/mol. The van der Waals surface area contributed by atoms with E-state index in [1.807, 2.05) is 0 Å². The number of amides is 1. The normalized spacial score (nSPS) is 22.1. The number of nitrogens with one attached hydrogen (secondary N) is 1. The lowest BCUT2D eigenvalue weighted by atomic mass is 9.95. The van der Waals surface area contributed by atoms with Gasteiger partial charge in [-0.25, -0.2) is 0 Å². The summed E-state index contributed by atoms with van der Waals surface area (Å²) in [6, 6.07) is 5.54. The summed E-state index contributed by atoms with van der Waals surface area (Å²) in [5.74, 6) is 0.868. The molecule has 2 fully saturated rings. The number of ether oxygens (including phenoxy) is 2. The highest BCUT2D eigenvalue weighted by atomic mass is 35.5. The van der Waals surface area contributed by atoms with E-state index in [2.05, 4.69) is 10.2 Å². The Morgan fingerprint density at radius 1 is 1.28 bits per heavy atom. The van der Waals surface area contributed by atoms with Gasteiger partial charge < -0.3 is 14.8 Å². The van der Waals surface area contributed by atoms with E-state index < -0.39 is 0 Å². The lowest BCUT2D eigenvalue weighted by Crippen LogP contribution is -2.44. The number of halogens is 2. The third kappa shape index (κ3) is 5.48. The highest BCUT2D eigenvalue weighted by molar-refractivity contribution is 6.35. The van der Waals surface area contributed by atoms with Crippen molar-refractivity contribution >= 4 is 29.1 Å². The Balaban J connectivity index is 1.34. The monoisotopic (exact) mass is 386 g/mol. The van der Waals surface area contributed by atoms with Crippen molar-refractivity contribution in [3.05, 3.63) is 28.2 Å². The van der Waals surface area contributed by atoms with Gasteiger partial charge in [0.15, 0.2) is 6.61 Å². The molecule has 7 heteroatoms. The number of likely N-dealkylation sites (tertiary alicyclic amines) is 1. The van der Waals surface area contributed by atoms with E-state index in [0.29, 0.717) is 34.3 Å². The minimum absolute atomic E-state index is 0.0421. The third-order valence-corrected chi connectivity index (χ3v) is 5.44. The molecule has 2 saturated heterocycles. The molecule has 2 heterocycles. The Hall–Kier alpha value is -1.01. The van der Waals surface area contributed by atoms with Crippen LogP contribution in [-0.4, -0.2) is 56.3 Å². The number of hydrogen-bond acceptors (Lipinski definition) is 4. The lowest BCUT2D eigenvalue weighted by Gasteiger charge is -2.35. The Labute approximate surface area is 158 Å². The maximum absolute atomic E-state index is 12.0. The van der Waals surface area contributed by atoms with E-state index in [0.717, 1.165) is 45.6 Å². The van der Waals surface area contributed by atoms with Gasteiger partial charge in [-0.1, -0.05) is 23.2 Å². The van der Waals surface area contributed by atoms with Crippen LogP contribution in [0.4, 0.5) is 0 Å². The second-order valence-electron chi connectivity index (χ2n) is 6.66. The number of benzene rings is 1. The fourth-order valence-corrected chi connectivity index (χ4v) is 3.84. The molecule has 0 radical (unpaired) electrons. The molecule has 25 heavy (non-hydrogen) atoms. The van der Waals surface area contributed by atoms with E-state index in [-0.39, 0.29) is 12.5 Å². The van der Waals surface area contributed by atoms with Gasteiger partial charge in [0.2, 0.25) is 0 Å².